The molecule has 3 aromatic heterocycles. The number of hydrogen-bond donors (Lipinski definition) is 1. The zero-order valence-corrected chi connectivity index (χ0v) is 16.8. The lowest BCUT2D eigenvalue weighted by Crippen LogP contribution is -2.01. The zero-order valence-electron chi connectivity index (χ0n) is 16.0. The molecule has 3 heterocycles. The predicted molar refractivity (Wildman–Crippen MR) is 115 cm³/mol. The van der Waals surface area contributed by atoms with Crippen molar-refractivity contribution in [1.29, 1.82) is 0 Å². The second-order valence-corrected chi connectivity index (χ2v) is 7.69. The van der Waals surface area contributed by atoms with E-state index in [1.54, 1.807) is 24.6 Å². The summed E-state index contributed by atoms with van der Waals surface area (Å²) in [4.78, 5) is 13.4. The lowest BCUT2D eigenvalue weighted by Gasteiger charge is -2.05. The van der Waals surface area contributed by atoms with Crippen molar-refractivity contribution in [2.24, 2.45) is 0 Å². The Morgan fingerprint density at radius 2 is 1.93 bits per heavy atom. The van der Waals surface area contributed by atoms with Crippen molar-refractivity contribution in [1.82, 2.24) is 24.7 Å². The number of methoxy groups -OCH3 is 1. The Morgan fingerprint density at radius 3 is 2.72 bits per heavy atom. The van der Waals surface area contributed by atoms with Crippen molar-refractivity contribution >= 4 is 43.5 Å². The van der Waals surface area contributed by atoms with E-state index in [4.69, 9.17) is 9.72 Å². The van der Waals surface area contributed by atoms with Crippen molar-refractivity contribution in [2.75, 3.05) is 12.4 Å². The number of rotatable bonds is 5. The Balaban J connectivity index is 1.48. The summed E-state index contributed by atoms with van der Waals surface area (Å²) in [6.45, 7) is 2.62. The topological polar surface area (TPSA) is 77.8 Å². The summed E-state index contributed by atoms with van der Waals surface area (Å²) in [7, 11) is 1.67. The first-order valence-electron chi connectivity index (χ1n) is 9.14. The van der Waals surface area contributed by atoms with Crippen molar-refractivity contribution < 1.29 is 4.74 Å². The van der Waals surface area contributed by atoms with Crippen molar-refractivity contribution in [2.45, 2.75) is 13.5 Å². The molecule has 0 fully saturated rings. The molecule has 0 bridgehead atoms. The first-order valence-corrected chi connectivity index (χ1v) is 9.96. The lowest BCUT2D eigenvalue weighted by atomic mass is 10.2. The van der Waals surface area contributed by atoms with Crippen LogP contribution in [0.4, 0.5) is 11.1 Å². The van der Waals surface area contributed by atoms with E-state index in [1.165, 1.54) is 0 Å². The fourth-order valence-electron chi connectivity index (χ4n) is 3.23. The SMILES string of the molecule is COc1ccc(Cn2ncc3c4nc(Nc5nccc(C)n5)sc4ccc32)cc1. The average molecular weight is 402 g/mol. The number of nitrogens with one attached hydrogen (secondary N) is 1. The quantitative estimate of drug-likeness (QED) is 0.465. The molecule has 0 saturated heterocycles. The van der Waals surface area contributed by atoms with Gasteiger partial charge in [-0.3, -0.25) is 4.68 Å². The molecular weight excluding hydrogens is 384 g/mol. The second kappa shape index (κ2) is 7.14. The van der Waals surface area contributed by atoms with E-state index in [2.05, 4.69) is 44.6 Å². The largest absolute Gasteiger partial charge is 0.497 e. The maximum atomic E-state index is 5.23. The summed E-state index contributed by atoms with van der Waals surface area (Å²) in [5.41, 5.74) is 4.06. The second-order valence-electron chi connectivity index (χ2n) is 6.66. The predicted octanol–water partition coefficient (Wildman–Crippen LogP) is 4.54. The molecule has 144 valence electrons. The number of ether oxygens (including phenoxy) is 1. The van der Waals surface area contributed by atoms with Crippen LogP contribution in [0, 0.1) is 6.92 Å². The standard InChI is InChI=1S/C21H18N6OS/c1-13-9-10-22-20(24-13)26-21-25-19-16-11-23-27(17(16)7-8-18(19)29-21)12-14-3-5-15(28-2)6-4-14/h3-11H,12H2,1-2H3,(H,22,24,25,26). The lowest BCUT2D eigenvalue weighted by molar-refractivity contribution is 0.414. The van der Waals surface area contributed by atoms with E-state index in [-0.39, 0.29) is 0 Å². The maximum absolute atomic E-state index is 5.23. The van der Waals surface area contributed by atoms with Gasteiger partial charge in [0, 0.05) is 17.3 Å². The van der Waals surface area contributed by atoms with Crippen LogP contribution in [0.25, 0.3) is 21.1 Å². The van der Waals surface area contributed by atoms with Crippen LogP contribution in [0.5, 0.6) is 5.75 Å². The first-order chi connectivity index (χ1) is 14.2. The van der Waals surface area contributed by atoms with Gasteiger partial charge in [0.1, 0.15) is 5.75 Å². The molecule has 0 spiro atoms. The molecule has 0 aliphatic carbocycles. The summed E-state index contributed by atoms with van der Waals surface area (Å²) in [6.07, 6.45) is 3.62. The van der Waals surface area contributed by atoms with E-state index >= 15 is 0 Å². The van der Waals surface area contributed by atoms with Gasteiger partial charge in [0.25, 0.3) is 0 Å². The molecule has 7 nitrogen and oxygen atoms in total. The third kappa shape index (κ3) is 3.38. The maximum Gasteiger partial charge on any atom is 0.229 e. The number of nitrogens with zero attached hydrogens (tertiary/aromatic N) is 5. The highest BCUT2D eigenvalue weighted by atomic mass is 32.1. The number of anilines is 2. The molecule has 0 aliphatic rings. The number of aromatic nitrogens is 5. The van der Waals surface area contributed by atoms with Gasteiger partial charge in [-0.05, 0) is 42.8 Å². The molecule has 8 heteroatoms. The Morgan fingerprint density at radius 1 is 1.07 bits per heavy atom. The van der Waals surface area contributed by atoms with Crippen LogP contribution in [0.1, 0.15) is 11.3 Å². The van der Waals surface area contributed by atoms with Gasteiger partial charge in [0.05, 0.1) is 35.6 Å². The third-order valence-electron chi connectivity index (χ3n) is 4.69. The molecular formula is C21H18N6OS. The van der Waals surface area contributed by atoms with Gasteiger partial charge in [0.15, 0.2) is 5.13 Å². The minimum absolute atomic E-state index is 0.551. The smallest absolute Gasteiger partial charge is 0.229 e. The van der Waals surface area contributed by atoms with Crippen molar-refractivity contribution in [3.8, 4) is 5.75 Å². The van der Waals surface area contributed by atoms with E-state index in [1.807, 2.05) is 36.0 Å². The average Bonchev–Trinajstić information content (AvgIpc) is 3.32. The Hall–Kier alpha value is -3.52. The van der Waals surface area contributed by atoms with E-state index in [0.29, 0.717) is 12.5 Å². The highest BCUT2D eigenvalue weighted by Gasteiger charge is 2.12. The number of fused-ring (bicyclic) bond motifs is 3. The van der Waals surface area contributed by atoms with Gasteiger partial charge in [-0.1, -0.05) is 23.5 Å². The van der Waals surface area contributed by atoms with E-state index < -0.39 is 0 Å². The van der Waals surface area contributed by atoms with Gasteiger partial charge in [-0.25, -0.2) is 15.0 Å². The third-order valence-corrected chi connectivity index (χ3v) is 5.62. The van der Waals surface area contributed by atoms with Crippen LogP contribution in [-0.2, 0) is 6.54 Å². The number of benzene rings is 2. The molecule has 1 N–H and O–H groups in total. The molecule has 5 aromatic rings. The molecule has 5 rings (SSSR count). The summed E-state index contributed by atoms with van der Waals surface area (Å²) in [5.74, 6) is 1.40. The molecule has 29 heavy (non-hydrogen) atoms. The van der Waals surface area contributed by atoms with E-state index in [0.717, 1.165) is 43.3 Å². The summed E-state index contributed by atoms with van der Waals surface area (Å²) in [6, 6.07) is 14.1. The molecule has 0 radical (unpaired) electrons. The molecule has 0 aliphatic heterocycles. The van der Waals surface area contributed by atoms with Gasteiger partial charge >= 0.3 is 0 Å². The Kier molecular flexibility index (Phi) is 4.33. The van der Waals surface area contributed by atoms with Crippen LogP contribution >= 0.6 is 11.3 Å². The highest BCUT2D eigenvalue weighted by molar-refractivity contribution is 7.22. The minimum atomic E-state index is 0.551. The first kappa shape index (κ1) is 17.6. The normalized spacial score (nSPS) is 11.2. The summed E-state index contributed by atoms with van der Waals surface area (Å²) in [5, 5.41) is 9.59. The van der Waals surface area contributed by atoms with Crippen LogP contribution < -0.4 is 10.1 Å². The summed E-state index contributed by atoms with van der Waals surface area (Å²) < 4.78 is 8.32. The summed E-state index contributed by atoms with van der Waals surface area (Å²) >= 11 is 1.58. The molecule has 0 atom stereocenters. The van der Waals surface area contributed by atoms with Crippen LogP contribution in [0.15, 0.2) is 54.9 Å². The number of hydrogen-bond acceptors (Lipinski definition) is 7. The van der Waals surface area contributed by atoms with Gasteiger partial charge in [-0.2, -0.15) is 5.10 Å². The fraction of sp³-hybridized carbons (Fsp3) is 0.143. The number of thiazole rings is 1. The Bertz CT molecular complexity index is 1310. The van der Waals surface area contributed by atoms with E-state index in [9.17, 15) is 0 Å². The van der Waals surface area contributed by atoms with Crippen LogP contribution in [-0.4, -0.2) is 31.8 Å². The van der Waals surface area contributed by atoms with Crippen LogP contribution in [0.2, 0.25) is 0 Å². The minimum Gasteiger partial charge on any atom is -0.497 e. The highest BCUT2D eigenvalue weighted by Crippen LogP contribution is 2.32. The number of aryl methyl sites for hydroxylation is 1. The van der Waals surface area contributed by atoms with Gasteiger partial charge in [0.2, 0.25) is 5.95 Å². The van der Waals surface area contributed by atoms with Crippen molar-refractivity contribution in [3.05, 3.63) is 66.1 Å². The monoisotopic (exact) mass is 402 g/mol. The van der Waals surface area contributed by atoms with Gasteiger partial charge in [-0.15, -0.1) is 0 Å². The van der Waals surface area contributed by atoms with Crippen LogP contribution in [0.3, 0.4) is 0 Å². The Labute approximate surface area is 171 Å². The molecule has 0 saturated carbocycles. The zero-order chi connectivity index (χ0) is 19.8. The van der Waals surface area contributed by atoms with Gasteiger partial charge < -0.3 is 10.1 Å². The molecule has 2 aromatic carbocycles. The fourth-order valence-corrected chi connectivity index (χ4v) is 4.11. The molecule has 0 amide bonds. The van der Waals surface area contributed by atoms with Crippen molar-refractivity contribution in [3.63, 3.8) is 0 Å². The molecule has 0 unspecified atom stereocenters.